The number of amides is 1. The van der Waals surface area contributed by atoms with Crippen LogP contribution < -0.4 is 4.90 Å². The quantitative estimate of drug-likeness (QED) is 0.105. The molecule has 0 bridgehead atoms. The zero-order chi connectivity index (χ0) is 36.0. The van der Waals surface area contributed by atoms with E-state index < -0.39 is 58.9 Å². The summed E-state index contributed by atoms with van der Waals surface area (Å²) in [5.74, 6) is -7.14. The number of esters is 4. The van der Waals surface area contributed by atoms with E-state index in [0.29, 0.717) is 22.4 Å². The first kappa shape index (κ1) is 35.1. The number of carbonyl (C=O) groups is 5. The van der Waals surface area contributed by atoms with Crippen molar-refractivity contribution >= 4 is 35.5 Å². The number of methoxy groups -OCH3 is 1. The second-order valence-electron chi connectivity index (χ2n) is 12.7. The first-order valence-corrected chi connectivity index (χ1v) is 16.9. The SMILES string of the molecule is CCOC(=O)[C@@H]1C(C(=O)OCc2ccccc2)(C(=O)OCc2ccccc2)C[C@H](CC(=O)OC)[C@@]12C(=O)N(Cc1ccccc1)c1ccccc12. The van der Waals surface area contributed by atoms with Crippen molar-refractivity contribution in [2.24, 2.45) is 17.3 Å². The average molecular weight is 690 g/mol. The van der Waals surface area contributed by atoms with Gasteiger partial charge in [0.25, 0.3) is 0 Å². The topological polar surface area (TPSA) is 126 Å². The van der Waals surface area contributed by atoms with Crippen molar-refractivity contribution in [1.82, 2.24) is 0 Å². The minimum atomic E-state index is -2.39. The van der Waals surface area contributed by atoms with E-state index in [1.165, 1.54) is 7.11 Å². The molecule has 10 heteroatoms. The number of hydrogen-bond acceptors (Lipinski definition) is 9. The molecule has 0 unspecified atom stereocenters. The Morgan fingerprint density at radius 3 is 1.75 bits per heavy atom. The first-order chi connectivity index (χ1) is 24.8. The number of carbonyl (C=O) groups excluding carboxylic acids is 5. The summed E-state index contributed by atoms with van der Waals surface area (Å²) in [7, 11) is 1.22. The predicted molar refractivity (Wildman–Crippen MR) is 186 cm³/mol. The van der Waals surface area contributed by atoms with E-state index >= 15 is 4.79 Å². The van der Waals surface area contributed by atoms with Crippen LogP contribution in [0.1, 0.15) is 42.0 Å². The van der Waals surface area contributed by atoms with Gasteiger partial charge in [0.2, 0.25) is 5.91 Å². The van der Waals surface area contributed by atoms with Crippen LogP contribution in [-0.4, -0.2) is 43.5 Å². The van der Waals surface area contributed by atoms with Gasteiger partial charge in [-0.05, 0) is 47.6 Å². The molecule has 51 heavy (non-hydrogen) atoms. The Morgan fingerprint density at radius 2 is 1.22 bits per heavy atom. The smallest absolute Gasteiger partial charge is 0.324 e. The van der Waals surface area contributed by atoms with Gasteiger partial charge in [-0.1, -0.05) is 109 Å². The second kappa shape index (κ2) is 15.0. The van der Waals surface area contributed by atoms with E-state index in [4.69, 9.17) is 18.9 Å². The highest BCUT2D eigenvalue weighted by Crippen LogP contribution is 2.65. The van der Waals surface area contributed by atoms with Gasteiger partial charge >= 0.3 is 23.9 Å². The number of nitrogens with zero attached hydrogens (tertiary/aromatic N) is 1. The lowest BCUT2D eigenvalue weighted by Crippen LogP contribution is -2.56. The molecule has 1 amide bonds. The summed E-state index contributed by atoms with van der Waals surface area (Å²) in [6.45, 7) is 1.18. The molecule has 0 aromatic heterocycles. The third-order valence-corrected chi connectivity index (χ3v) is 9.90. The Bertz CT molecular complexity index is 1840. The molecule has 4 aromatic carbocycles. The van der Waals surface area contributed by atoms with Gasteiger partial charge in [-0.15, -0.1) is 0 Å². The van der Waals surface area contributed by atoms with Crippen LogP contribution in [0.25, 0.3) is 0 Å². The number of fused-ring (bicyclic) bond motifs is 2. The fraction of sp³-hybridized carbons (Fsp3) is 0.293. The molecule has 3 atom stereocenters. The van der Waals surface area contributed by atoms with Gasteiger partial charge in [0.1, 0.15) is 19.1 Å². The lowest BCUT2D eigenvalue weighted by molar-refractivity contribution is -0.185. The number of benzene rings is 4. The summed E-state index contributed by atoms with van der Waals surface area (Å²) >= 11 is 0. The van der Waals surface area contributed by atoms with E-state index in [9.17, 15) is 19.2 Å². The molecule has 1 heterocycles. The highest BCUT2D eigenvalue weighted by molar-refractivity contribution is 6.15. The zero-order valence-electron chi connectivity index (χ0n) is 28.5. The fourth-order valence-electron chi connectivity index (χ4n) is 7.71. The molecule has 1 spiro atoms. The van der Waals surface area contributed by atoms with Crippen LogP contribution >= 0.6 is 0 Å². The van der Waals surface area contributed by atoms with Crippen LogP contribution in [-0.2, 0) is 68.1 Å². The summed E-state index contributed by atoms with van der Waals surface area (Å²) in [6, 6.07) is 34.0. The van der Waals surface area contributed by atoms with E-state index in [1.54, 1.807) is 84.6 Å². The van der Waals surface area contributed by atoms with Crippen molar-refractivity contribution in [2.75, 3.05) is 18.6 Å². The Balaban J connectivity index is 1.56. The Hall–Kier alpha value is -5.77. The number of anilines is 1. The minimum Gasteiger partial charge on any atom is -0.469 e. The van der Waals surface area contributed by atoms with Crippen LogP contribution in [0.15, 0.2) is 115 Å². The molecule has 6 rings (SSSR count). The van der Waals surface area contributed by atoms with Gasteiger partial charge in [0.15, 0.2) is 5.41 Å². The van der Waals surface area contributed by atoms with Gasteiger partial charge in [0, 0.05) is 12.1 Å². The maximum atomic E-state index is 15.3. The van der Waals surface area contributed by atoms with Crippen LogP contribution in [0.2, 0.25) is 0 Å². The molecule has 0 N–H and O–H groups in total. The molecule has 1 aliphatic carbocycles. The van der Waals surface area contributed by atoms with E-state index in [1.807, 2.05) is 42.5 Å². The Labute approximate surface area is 296 Å². The molecule has 1 saturated carbocycles. The molecule has 1 fully saturated rings. The van der Waals surface area contributed by atoms with Crippen LogP contribution in [0, 0.1) is 17.3 Å². The summed E-state index contributed by atoms with van der Waals surface area (Å²) < 4.78 is 22.5. The lowest BCUT2D eigenvalue weighted by Gasteiger charge is -2.37. The molecule has 0 radical (unpaired) electrons. The van der Waals surface area contributed by atoms with Crippen molar-refractivity contribution in [3.63, 3.8) is 0 Å². The predicted octanol–water partition coefficient (Wildman–Crippen LogP) is 5.71. The number of para-hydroxylation sites is 1. The number of hydrogen-bond donors (Lipinski definition) is 0. The average Bonchev–Trinajstić information content (AvgIpc) is 3.60. The van der Waals surface area contributed by atoms with E-state index in [2.05, 4.69) is 0 Å². The van der Waals surface area contributed by atoms with Crippen molar-refractivity contribution in [2.45, 2.75) is 44.9 Å². The molecular weight excluding hydrogens is 650 g/mol. The van der Waals surface area contributed by atoms with Crippen molar-refractivity contribution in [3.8, 4) is 0 Å². The van der Waals surface area contributed by atoms with Gasteiger partial charge < -0.3 is 23.8 Å². The third kappa shape index (κ3) is 6.38. The minimum absolute atomic E-state index is 0.106. The summed E-state index contributed by atoms with van der Waals surface area (Å²) in [4.78, 5) is 74.2. The van der Waals surface area contributed by atoms with Crippen molar-refractivity contribution in [1.29, 1.82) is 0 Å². The molecular formula is C41H39NO9. The summed E-state index contributed by atoms with van der Waals surface area (Å²) in [5, 5.41) is 0. The number of rotatable bonds is 12. The fourth-order valence-corrected chi connectivity index (χ4v) is 7.71. The first-order valence-electron chi connectivity index (χ1n) is 16.9. The van der Waals surface area contributed by atoms with Crippen molar-refractivity contribution < 1.29 is 42.9 Å². The molecule has 4 aromatic rings. The van der Waals surface area contributed by atoms with Gasteiger partial charge in [-0.2, -0.15) is 0 Å². The van der Waals surface area contributed by atoms with E-state index in [0.717, 1.165) is 5.56 Å². The highest BCUT2D eigenvalue weighted by Gasteiger charge is 2.78. The maximum absolute atomic E-state index is 15.3. The number of ether oxygens (including phenoxy) is 4. The molecule has 0 saturated heterocycles. The Kier molecular flexibility index (Phi) is 10.3. The maximum Gasteiger partial charge on any atom is 0.324 e. The van der Waals surface area contributed by atoms with Gasteiger partial charge in [-0.25, -0.2) is 0 Å². The monoisotopic (exact) mass is 689 g/mol. The molecule has 1 aliphatic heterocycles. The third-order valence-electron chi connectivity index (χ3n) is 9.90. The zero-order valence-corrected chi connectivity index (χ0v) is 28.5. The normalized spacial score (nSPS) is 20.0. The van der Waals surface area contributed by atoms with Gasteiger partial charge in [0.05, 0.1) is 25.7 Å². The second-order valence-corrected chi connectivity index (χ2v) is 12.7. The molecule has 10 nitrogen and oxygen atoms in total. The highest BCUT2D eigenvalue weighted by atomic mass is 16.6. The van der Waals surface area contributed by atoms with Crippen LogP contribution in [0.4, 0.5) is 5.69 Å². The molecule has 2 aliphatic rings. The Morgan fingerprint density at radius 1 is 0.706 bits per heavy atom. The van der Waals surface area contributed by atoms with Crippen LogP contribution in [0.3, 0.4) is 0 Å². The molecule has 262 valence electrons. The largest absolute Gasteiger partial charge is 0.469 e. The van der Waals surface area contributed by atoms with E-state index in [-0.39, 0.29) is 32.8 Å². The van der Waals surface area contributed by atoms with Crippen LogP contribution in [0.5, 0.6) is 0 Å². The van der Waals surface area contributed by atoms with Gasteiger partial charge in [-0.3, -0.25) is 24.0 Å². The van der Waals surface area contributed by atoms with Crippen molar-refractivity contribution in [3.05, 3.63) is 138 Å². The standard InChI is InChI=1S/C41H39NO9/c1-3-49-36(44)35-40(38(46)50-26-29-17-9-5-10-18-29,39(47)51-27-30-19-11-6-12-20-30)24-31(23-34(43)48-2)41(35)32-21-13-14-22-33(32)42(37(41)45)25-28-15-7-4-8-16-28/h4-22,31,35H,3,23-27H2,1-2H3/t31-,35+,41-/m0/s1. The summed E-state index contributed by atoms with van der Waals surface area (Å²) in [5.41, 5.74) is -1.33. The lowest BCUT2D eigenvalue weighted by atomic mass is 9.63. The summed E-state index contributed by atoms with van der Waals surface area (Å²) in [6.07, 6.45) is -0.808.